The summed E-state index contributed by atoms with van der Waals surface area (Å²) in [5.41, 5.74) is 1.44. The monoisotopic (exact) mass is 573 g/mol. The number of anilines is 1. The van der Waals surface area contributed by atoms with E-state index in [9.17, 15) is 9.59 Å². The van der Waals surface area contributed by atoms with E-state index in [2.05, 4.69) is 5.32 Å². The van der Waals surface area contributed by atoms with Gasteiger partial charge in [0.05, 0.1) is 38.4 Å². The van der Waals surface area contributed by atoms with Gasteiger partial charge in [0.15, 0.2) is 0 Å². The summed E-state index contributed by atoms with van der Waals surface area (Å²) in [6, 6.07) is 25.2. The number of aromatic nitrogens is 2. The molecule has 9 heteroatoms. The normalized spacial score (nSPS) is 12.2. The van der Waals surface area contributed by atoms with Gasteiger partial charge in [-0.3, -0.25) is 9.36 Å². The molecular weight excluding hydrogens is 545 g/mol. The zero-order chi connectivity index (χ0) is 28.4. The topological polar surface area (TPSA) is 70.5 Å². The molecule has 0 aliphatic carbocycles. The number of halogens is 2. The molecule has 40 heavy (non-hydrogen) atoms. The van der Waals surface area contributed by atoms with Crippen molar-refractivity contribution in [3.05, 3.63) is 111 Å². The third kappa shape index (κ3) is 5.54. The van der Waals surface area contributed by atoms with Gasteiger partial charge in [0.2, 0.25) is 0 Å². The first-order valence-electron chi connectivity index (χ1n) is 12.9. The van der Waals surface area contributed by atoms with Crippen molar-refractivity contribution >= 4 is 56.6 Å². The molecule has 0 aliphatic heterocycles. The molecule has 0 saturated carbocycles. The minimum atomic E-state index is -0.582. The van der Waals surface area contributed by atoms with Crippen LogP contribution in [0.3, 0.4) is 0 Å². The summed E-state index contributed by atoms with van der Waals surface area (Å²) in [4.78, 5) is 36.3. The van der Waals surface area contributed by atoms with Gasteiger partial charge >= 0.3 is 6.03 Å². The van der Waals surface area contributed by atoms with Crippen LogP contribution >= 0.6 is 23.2 Å². The fraction of sp³-hybridized carbons (Fsp3) is 0.194. The van der Waals surface area contributed by atoms with Gasteiger partial charge in [0, 0.05) is 13.1 Å². The number of likely N-dealkylation sites (N-methyl/N-ethyl adjacent to an activating group) is 1. The Balaban J connectivity index is 1.65. The first-order valence-corrected chi connectivity index (χ1v) is 13.7. The van der Waals surface area contributed by atoms with Crippen molar-refractivity contribution in [3.63, 3.8) is 0 Å². The van der Waals surface area contributed by atoms with E-state index < -0.39 is 6.04 Å². The van der Waals surface area contributed by atoms with E-state index in [-0.39, 0.29) is 16.6 Å². The van der Waals surface area contributed by atoms with Crippen molar-refractivity contribution in [1.82, 2.24) is 19.4 Å². The average molecular weight is 575 g/mol. The van der Waals surface area contributed by atoms with Gasteiger partial charge in [-0.15, -0.1) is 0 Å². The maximum Gasteiger partial charge on any atom is 0.322 e. The average Bonchev–Trinajstić information content (AvgIpc) is 2.95. The Bertz CT molecular complexity index is 1770. The van der Waals surface area contributed by atoms with Crippen molar-refractivity contribution in [1.29, 1.82) is 0 Å². The van der Waals surface area contributed by atoms with Crippen LogP contribution in [-0.2, 0) is 0 Å². The fourth-order valence-corrected chi connectivity index (χ4v) is 5.05. The van der Waals surface area contributed by atoms with Crippen molar-refractivity contribution in [2.75, 3.05) is 32.5 Å². The van der Waals surface area contributed by atoms with Gasteiger partial charge in [-0.05, 0) is 68.2 Å². The molecule has 0 aliphatic rings. The number of nitrogens with zero attached hydrogens (tertiary/aromatic N) is 4. The molecule has 1 aromatic heterocycles. The number of carbonyl (C=O) groups excluding carboxylic acids is 1. The van der Waals surface area contributed by atoms with Gasteiger partial charge in [0.1, 0.15) is 5.82 Å². The summed E-state index contributed by atoms with van der Waals surface area (Å²) in [6.07, 6.45) is 0. The summed E-state index contributed by atoms with van der Waals surface area (Å²) < 4.78 is 1.61. The lowest BCUT2D eigenvalue weighted by Crippen LogP contribution is -2.43. The Morgan fingerprint density at radius 1 is 0.925 bits per heavy atom. The lowest BCUT2D eigenvalue weighted by molar-refractivity contribution is 0.181. The van der Waals surface area contributed by atoms with E-state index in [1.807, 2.05) is 86.6 Å². The summed E-state index contributed by atoms with van der Waals surface area (Å²) in [5.74, 6) is 0.449. The first kappa shape index (κ1) is 27.6. The minimum absolute atomic E-state index is 0.200. The lowest BCUT2D eigenvalue weighted by Gasteiger charge is -2.31. The van der Waals surface area contributed by atoms with Gasteiger partial charge in [-0.2, -0.15) is 0 Å². The standard InChI is InChI=1S/C31H29Cl2N5O2/c1-20(37(18-17-36(2)3)31(40)35-27-14-8-12-25(32)28(27)33)29-34-26-13-7-6-11-24(26)30(39)38(29)23-16-15-21-9-4-5-10-22(21)19-23/h4-16,19-20H,17-18H2,1-3H3,(H,35,40). The van der Waals surface area contributed by atoms with Crippen LogP contribution in [-0.4, -0.2) is 52.6 Å². The SMILES string of the molecule is CC(c1nc2ccccc2c(=O)n1-c1ccc2ccccc2c1)N(CCN(C)C)C(=O)Nc1cccc(Cl)c1Cl. The molecule has 0 spiro atoms. The number of carbonyl (C=O) groups is 1. The molecule has 1 heterocycles. The van der Waals surface area contributed by atoms with E-state index in [4.69, 9.17) is 28.2 Å². The maximum atomic E-state index is 14.0. The highest BCUT2D eigenvalue weighted by molar-refractivity contribution is 6.43. The highest BCUT2D eigenvalue weighted by atomic mass is 35.5. The maximum absolute atomic E-state index is 14.0. The van der Waals surface area contributed by atoms with E-state index in [1.54, 1.807) is 33.7 Å². The quantitative estimate of drug-likeness (QED) is 0.227. The van der Waals surface area contributed by atoms with Gasteiger partial charge in [-0.1, -0.05) is 71.7 Å². The van der Waals surface area contributed by atoms with Crippen molar-refractivity contribution in [2.45, 2.75) is 13.0 Å². The Morgan fingerprint density at radius 3 is 2.42 bits per heavy atom. The molecule has 204 valence electrons. The van der Waals surface area contributed by atoms with Gasteiger partial charge in [0.25, 0.3) is 5.56 Å². The highest BCUT2D eigenvalue weighted by Gasteiger charge is 2.27. The van der Waals surface area contributed by atoms with Crippen LogP contribution in [0, 0.1) is 0 Å². The summed E-state index contributed by atoms with van der Waals surface area (Å²) in [6.45, 7) is 2.84. The number of urea groups is 1. The molecule has 0 saturated heterocycles. The van der Waals surface area contributed by atoms with Gasteiger partial charge < -0.3 is 15.1 Å². The largest absolute Gasteiger partial charge is 0.322 e. The third-order valence-corrected chi connectivity index (χ3v) is 7.70. The summed E-state index contributed by atoms with van der Waals surface area (Å²) >= 11 is 12.6. The number of hydrogen-bond acceptors (Lipinski definition) is 4. The van der Waals surface area contributed by atoms with Crippen LogP contribution < -0.4 is 10.9 Å². The van der Waals surface area contributed by atoms with Crippen molar-refractivity contribution in [3.8, 4) is 5.69 Å². The van der Waals surface area contributed by atoms with Crippen molar-refractivity contribution in [2.24, 2.45) is 0 Å². The highest BCUT2D eigenvalue weighted by Crippen LogP contribution is 2.31. The number of rotatable bonds is 7. The van der Waals surface area contributed by atoms with E-state index >= 15 is 0 Å². The second-order valence-corrected chi connectivity index (χ2v) is 10.6. The first-order chi connectivity index (χ1) is 19.2. The molecule has 0 fully saturated rings. The van der Waals surface area contributed by atoms with Crippen molar-refractivity contribution < 1.29 is 4.79 Å². The van der Waals surface area contributed by atoms with Crippen LogP contribution in [0.5, 0.6) is 0 Å². The van der Waals surface area contributed by atoms with Crippen LogP contribution in [0.25, 0.3) is 27.4 Å². The van der Waals surface area contributed by atoms with E-state index in [0.29, 0.717) is 46.2 Å². The fourth-order valence-electron chi connectivity index (χ4n) is 4.70. The predicted octanol–water partition coefficient (Wildman–Crippen LogP) is 7.00. The second kappa shape index (κ2) is 11.7. The summed E-state index contributed by atoms with van der Waals surface area (Å²) in [7, 11) is 3.88. The molecule has 0 bridgehead atoms. The molecule has 2 amide bonds. The number of hydrogen-bond donors (Lipinski definition) is 1. The Kier molecular flexibility index (Phi) is 8.07. The number of para-hydroxylation sites is 1. The van der Waals surface area contributed by atoms with E-state index in [0.717, 1.165) is 10.8 Å². The zero-order valence-corrected chi connectivity index (χ0v) is 23.9. The minimum Gasteiger partial charge on any atom is -0.313 e. The third-order valence-electron chi connectivity index (χ3n) is 6.88. The Hall–Kier alpha value is -3.91. The molecule has 1 atom stereocenters. The smallest absolute Gasteiger partial charge is 0.313 e. The molecular formula is C31H29Cl2N5O2. The molecule has 5 aromatic rings. The molecule has 1 N–H and O–H groups in total. The number of fused-ring (bicyclic) bond motifs is 2. The van der Waals surface area contributed by atoms with Crippen LogP contribution in [0.1, 0.15) is 18.8 Å². The number of benzene rings is 4. The van der Waals surface area contributed by atoms with Crippen LogP contribution in [0.2, 0.25) is 10.0 Å². The zero-order valence-electron chi connectivity index (χ0n) is 22.4. The predicted molar refractivity (Wildman–Crippen MR) is 164 cm³/mol. The lowest BCUT2D eigenvalue weighted by atomic mass is 10.1. The molecule has 4 aromatic carbocycles. The summed E-state index contributed by atoms with van der Waals surface area (Å²) in [5, 5.41) is 6.06. The Morgan fingerprint density at radius 2 is 1.65 bits per heavy atom. The number of nitrogens with one attached hydrogen (secondary N) is 1. The molecule has 5 rings (SSSR count). The van der Waals surface area contributed by atoms with Crippen LogP contribution in [0.15, 0.2) is 89.7 Å². The molecule has 0 radical (unpaired) electrons. The van der Waals surface area contributed by atoms with E-state index in [1.165, 1.54) is 0 Å². The van der Waals surface area contributed by atoms with Gasteiger partial charge in [-0.25, -0.2) is 9.78 Å². The molecule has 1 unspecified atom stereocenters. The Labute approximate surface area is 242 Å². The van der Waals surface area contributed by atoms with Crippen LogP contribution in [0.4, 0.5) is 10.5 Å². The number of amides is 2. The second-order valence-electron chi connectivity index (χ2n) is 9.86. The molecule has 7 nitrogen and oxygen atoms in total.